The Bertz CT molecular complexity index is 1740. The summed E-state index contributed by atoms with van der Waals surface area (Å²) in [7, 11) is 1.35. The van der Waals surface area contributed by atoms with Crippen molar-refractivity contribution in [3.05, 3.63) is 82.5 Å². The molecule has 3 aromatic carbocycles. The second kappa shape index (κ2) is 12.7. The van der Waals surface area contributed by atoms with Crippen LogP contribution in [0, 0.1) is 0 Å². The zero-order valence-corrected chi connectivity index (χ0v) is 23.1. The number of phenols is 3. The molecule has 5 atom stereocenters. The molecule has 1 aliphatic heterocycles. The third-order valence-corrected chi connectivity index (χ3v) is 6.89. The molecular weight excluding hydrogens is 580 g/mol. The molecule has 44 heavy (non-hydrogen) atoms. The minimum atomic E-state index is -1.89. The number of ether oxygens (including phenoxy) is 4. The van der Waals surface area contributed by atoms with Crippen molar-refractivity contribution >= 4 is 23.0 Å². The fraction of sp³-hybridized carbons (Fsp3) is 0.226. The van der Waals surface area contributed by atoms with Crippen LogP contribution >= 0.6 is 0 Å². The van der Waals surface area contributed by atoms with Gasteiger partial charge in [0.2, 0.25) is 17.5 Å². The van der Waals surface area contributed by atoms with Crippen molar-refractivity contribution in [2.24, 2.45) is 0 Å². The van der Waals surface area contributed by atoms with E-state index < -0.39 is 60.2 Å². The number of carbonyl (C=O) groups is 1. The van der Waals surface area contributed by atoms with E-state index in [1.807, 2.05) is 0 Å². The summed E-state index contributed by atoms with van der Waals surface area (Å²) in [6.07, 6.45) is -6.11. The molecule has 2 heterocycles. The maximum atomic E-state index is 13.6. The van der Waals surface area contributed by atoms with Gasteiger partial charge in [-0.15, -0.1) is 0 Å². The van der Waals surface area contributed by atoms with E-state index in [4.69, 9.17) is 23.4 Å². The minimum Gasteiger partial charge on any atom is -0.508 e. The van der Waals surface area contributed by atoms with Crippen LogP contribution in [0.25, 0.3) is 28.4 Å². The molecular formula is C31H28O13. The molecule has 0 aliphatic carbocycles. The summed E-state index contributed by atoms with van der Waals surface area (Å²) in [5.74, 6) is -2.11. The fourth-order valence-corrected chi connectivity index (χ4v) is 4.56. The van der Waals surface area contributed by atoms with E-state index in [2.05, 4.69) is 0 Å². The number of methoxy groups -OCH3 is 1. The maximum Gasteiger partial charge on any atom is 0.330 e. The molecule has 0 unspecified atom stereocenters. The summed E-state index contributed by atoms with van der Waals surface area (Å²) >= 11 is 0. The van der Waals surface area contributed by atoms with Crippen LogP contribution < -0.4 is 14.9 Å². The van der Waals surface area contributed by atoms with E-state index in [0.717, 1.165) is 6.08 Å². The highest BCUT2D eigenvalue weighted by molar-refractivity contribution is 5.88. The number of hydrogen-bond donors (Lipinski definition) is 6. The van der Waals surface area contributed by atoms with Gasteiger partial charge in [-0.05, 0) is 54.1 Å². The van der Waals surface area contributed by atoms with Crippen molar-refractivity contribution in [3.8, 4) is 40.1 Å². The van der Waals surface area contributed by atoms with Gasteiger partial charge in [0.15, 0.2) is 17.3 Å². The van der Waals surface area contributed by atoms with Gasteiger partial charge in [0.1, 0.15) is 53.5 Å². The van der Waals surface area contributed by atoms with Gasteiger partial charge in [0, 0.05) is 11.6 Å². The second-order valence-corrected chi connectivity index (χ2v) is 9.81. The number of hydrogen-bond acceptors (Lipinski definition) is 13. The number of carbonyl (C=O) groups excluding carboxylic acids is 1. The van der Waals surface area contributed by atoms with Crippen LogP contribution in [0.15, 0.2) is 76.0 Å². The van der Waals surface area contributed by atoms with Gasteiger partial charge in [0.05, 0.1) is 7.11 Å². The van der Waals surface area contributed by atoms with Crippen LogP contribution in [0.2, 0.25) is 0 Å². The summed E-state index contributed by atoms with van der Waals surface area (Å²) in [5.41, 5.74) is -0.133. The monoisotopic (exact) mass is 608 g/mol. The summed E-state index contributed by atoms with van der Waals surface area (Å²) in [4.78, 5) is 25.9. The molecule has 1 aliphatic rings. The van der Waals surface area contributed by atoms with Crippen LogP contribution in [0.5, 0.6) is 28.7 Å². The van der Waals surface area contributed by atoms with Crippen LogP contribution in [0.4, 0.5) is 0 Å². The third-order valence-electron chi connectivity index (χ3n) is 6.89. The molecule has 1 aromatic heterocycles. The molecule has 13 heteroatoms. The minimum absolute atomic E-state index is 0.0154. The summed E-state index contributed by atoms with van der Waals surface area (Å²) in [6.45, 7) is -0.574. The highest BCUT2D eigenvalue weighted by Crippen LogP contribution is 2.38. The van der Waals surface area contributed by atoms with E-state index in [9.17, 15) is 40.2 Å². The average Bonchev–Trinajstić information content (AvgIpc) is 3.01. The van der Waals surface area contributed by atoms with Gasteiger partial charge in [-0.1, -0.05) is 18.2 Å². The van der Waals surface area contributed by atoms with Gasteiger partial charge >= 0.3 is 5.97 Å². The van der Waals surface area contributed by atoms with Crippen LogP contribution in [0.1, 0.15) is 5.56 Å². The molecule has 0 spiro atoms. The van der Waals surface area contributed by atoms with Crippen molar-refractivity contribution in [3.63, 3.8) is 0 Å². The predicted molar refractivity (Wildman–Crippen MR) is 153 cm³/mol. The van der Waals surface area contributed by atoms with Gasteiger partial charge in [-0.25, -0.2) is 4.79 Å². The number of rotatable bonds is 8. The number of aliphatic hydroxyl groups is 3. The van der Waals surface area contributed by atoms with E-state index in [1.54, 1.807) is 12.1 Å². The Kier molecular flexibility index (Phi) is 8.73. The van der Waals surface area contributed by atoms with E-state index in [-0.39, 0.29) is 39.5 Å². The number of aliphatic hydroxyl groups excluding tert-OH is 3. The van der Waals surface area contributed by atoms with Crippen molar-refractivity contribution in [2.45, 2.75) is 30.7 Å². The van der Waals surface area contributed by atoms with Crippen molar-refractivity contribution in [2.75, 3.05) is 13.7 Å². The lowest BCUT2D eigenvalue weighted by atomic mass is 9.99. The molecule has 4 aromatic rings. The first-order chi connectivity index (χ1) is 21.1. The van der Waals surface area contributed by atoms with Crippen molar-refractivity contribution < 1.29 is 58.8 Å². The molecule has 1 fully saturated rings. The van der Waals surface area contributed by atoms with E-state index in [1.165, 1.54) is 61.7 Å². The smallest absolute Gasteiger partial charge is 0.330 e. The third kappa shape index (κ3) is 6.16. The average molecular weight is 609 g/mol. The zero-order chi connectivity index (χ0) is 31.5. The normalized spacial score (nSPS) is 21.8. The molecule has 13 nitrogen and oxygen atoms in total. The summed E-state index contributed by atoms with van der Waals surface area (Å²) < 4.78 is 27.5. The lowest BCUT2D eigenvalue weighted by molar-refractivity contribution is -0.278. The topological polar surface area (TPSA) is 206 Å². The van der Waals surface area contributed by atoms with Crippen LogP contribution in [0.3, 0.4) is 0 Å². The van der Waals surface area contributed by atoms with Gasteiger partial charge in [-0.3, -0.25) is 4.79 Å². The SMILES string of the molecule is COc1ccc(-c2oc3cccc(O)c3c(=O)c2O[C@@H]2O[C@H](COC(=O)/C=C/c3ccc(O)cc3)[C@@H](O)[C@H](O)[C@H]2O)cc1O. The number of fused-ring (bicyclic) bond motifs is 1. The Morgan fingerprint density at radius 3 is 2.39 bits per heavy atom. The number of benzene rings is 3. The maximum absolute atomic E-state index is 13.6. The van der Waals surface area contributed by atoms with Crippen LogP contribution in [-0.4, -0.2) is 81.0 Å². The second-order valence-electron chi connectivity index (χ2n) is 9.81. The highest BCUT2D eigenvalue weighted by atomic mass is 16.7. The molecule has 6 N–H and O–H groups in total. The quantitative estimate of drug-likeness (QED) is 0.125. The number of esters is 1. The molecule has 0 amide bonds. The molecule has 5 rings (SSSR count). The standard InChI is InChI=1S/C31H28O13/c1-40-20-11-8-16(13-19(20)34)29-30(26(37)24-18(33)3-2-4-21(24)42-29)44-31-28(39)27(38)25(36)22(43-31)14-41-23(35)12-7-15-5-9-17(32)10-6-15/h2-13,22,25,27-28,31-34,36,38-39H,14H2,1H3/b12-7+/t22-,25-,27+,28-,31+/m1/s1. The number of aromatic hydroxyl groups is 3. The van der Waals surface area contributed by atoms with Crippen LogP contribution in [-0.2, 0) is 14.3 Å². The number of phenolic OH excluding ortho intramolecular Hbond substituents is 3. The first-order valence-electron chi connectivity index (χ1n) is 13.2. The Hall–Kier alpha value is -5.08. The molecule has 0 bridgehead atoms. The molecule has 230 valence electrons. The van der Waals surface area contributed by atoms with Crippen molar-refractivity contribution in [1.29, 1.82) is 0 Å². The molecule has 0 saturated carbocycles. The Morgan fingerprint density at radius 2 is 1.68 bits per heavy atom. The first-order valence-corrected chi connectivity index (χ1v) is 13.2. The highest BCUT2D eigenvalue weighted by Gasteiger charge is 2.46. The Morgan fingerprint density at radius 1 is 0.932 bits per heavy atom. The lowest BCUT2D eigenvalue weighted by Crippen LogP contribution is -2.60. The molecule has 0 radical (unpaired) electrons. The largest absolute Gasteiger partial charge is 0.508 e. The predicted octanol–water partition coefficient (Wildman–Crippen LogP) is 2.03. The first kappa shape index (κ1) is 30.4. The van der Waals surface area contributed by atoms with E-state index in [0.29, 0.717) is 5.56 Å². The Labute approximate surface area is 249 Å². The zero-order valence-electron chi connectivity index (χ0n) is 23.1. The van der Waals surface area contributed by atoms with Crippen molar-refractivity contribution in [1.82, 2.24) is 0 Å². The fourth-order valence-electron chi connectivity index (χ4n) is 4.56. The summed E-state index contributed by atoms with van der Waals surface area (Å²) in [6, 6.07) is 14.3. The van der Waals surface area contributed by atoms with E-state index >= 15 is 0 Å². The Balaban J connectivity index is 1.42. The summed E-state index contributed by atoms with van der Waals surface area (Å²) in [5, 5.41) is 61.6. The van der Waals surface area contributed by atoms with Gasteiger partial charge < -0.3 is 54.0 Å². The molecule has 1 saturated heterocycles. The van der Waals surface area contributed by atoms with Gasteiger partial charge in [-0.2, -0.15) is 0 Å². The lowest BCUT2D eigenvalue weighted by Gasteiger charge is -2.39. The van der Waals surface area contributed by atoms with Gasteiger partial charge in [0.25, 0.3) is 0 Å².